The molecular formula is C15H20N2O4. The molecule has 2 atom stereocenters. The van der Waals surface area contributed by atoms with E-state index in [1.807, 2.05) is 6.07 Å². The van der Waals surface area contributed by atoms with Crippen molar-refractivity contribution in [3.8, 4) is 0 Å². The number of nitrogens with two attached hydrogens (primary N) is 1. The number of benzene rings is 1. The summed E-state index contributed by atoms with van der Waals surface area (Å²) in [4.78, 5) is 34.7. The summed E-state index contributed by atoms with van der Waals surface area (Å²) in [5.41, 5.74) is 6.05. The smallest absolute Gasteiger partial charge is 0.326 e. The second-order valence-electron chi connectivity index (χ2n) is 5.21. The highest BCUT2D eigenvalue weighted by molar-refractivity contribution is 6.01. The van der Waals surface area contributed by atoms with E-state index in [0.29, 0.717) is 0 Å². The van der Waals surface area contributed by atoms with Gasteiger partial charge >= 0.3 is 5.97 Å². The molecule has 1 unspecified atom stereocenters. The fourth-order valence-electron chi connectivity index (χ4n) is 1.94. The highest BCUT2D eigenvalue weighted by Crippen LogP contribution is 2.10. The summed E-state index contributed by atoms with van der Waals surface area (Å²) in [5, 5.41) is 11.5. The lowest BCUT2D eigenvalue weighted by Gasteiger charge is -2.21. The molecular weight excluding hydrogens is 272 g/mol. The Morgan fingerprint density at radius 1 is 1.19 bits per heavy atom. The average Bonchev–Trinajstić information content (AvgIpc) is 2.42. The van der Waals surface area contributed by atoms with Gasteiger partial charge in [0.1, 0.15) is 12.0 Å². The van der Waals surface area contributed by atoms with Crippen molar-refractivity contribution in [3.63, 3.8) is 0 Å². The molecule has 0 aliphatic rings. The lowest BCUT2D eigenvalue weighted by molar-refractivity contribution is -0.145. The normalized spacial score (nSPS) is 13.5. The third-order valence-electron chi connectivity index (χ3n) is 3.17. The lowest BCUT2D eigenvalue weighted by atomic mass is 9.96. The monoisotopic (exact) mass is 292 g/mol. The van der Waals surface area contributed by atoms with Gasteiger partial charge in [0.2, 0.25) is 11.8 Å². The van der Waals surface area contributed by atoms with E-state index in [2.05, 4.69) is 5.32 Å². The summed E-state index contributed by atoms with van der Waals surface area (Å²) in [7, 11) is 0. The van der Waals surface area contributed by atoms with Crippen LogP contribution in [0.2, 0.25) is 0 Å². The first-order valence-electron chi connectivity index (χ1n) is 6.69. The number of nitrogens with one attached hydrogen (secondary N) is 1. The van der Waals surface area contributed by atoms with E-state index in [1.54, 1.807) is 38.1 Å². The van der Waals surface area contributed by atoms with Crippen molar-refractivity contribution in [2.75, 3.05) is 0 Å². The molecule has 0 bridgehead atoms. The van der Waals surface area contributed by atoms with Crippen LogP contribution >= 0.6 is 0 Å². The van der Waals surface area contributed by atoms with Gasteiger partial charge in [0.15, 0.2) is 0 Å². The molecule has 2 amide bonds. The van der Waals surface area contributed by atoms with E-state index in [-0.39, 0.29) is 12.3 Å². The summed E-state index contributed by atoms with van der Waals surface area (Å²) in [6.07, 6.45) is 0.145. The molecule has 0 spiro atoms. The summed E-state index contributed by atoms with van der Waals surface area (Å²) >= 11 is 0. The van der Waals surface area contributed by atoms with Gasteiger partial charge < -0.3 is 16.2 Å². The van der Waals surface area contributed by atoms with Crippen LogP contribution in [0.1, 0.15) is 19.4 Å². The number of carboxylic acid groups (broad SMARTS) is 1. The van der Waals surface area contributed by atoms with Gasteiger partial charge in [-0.2, -0.15) is 0 Å². The van der Waals surface area contributed by atoms with Crippen LogP contribution in [0.4, 0.5) is 0 Å². The number of carbonyl (C=O) groups excluding carboxylic acids is 2. The minimum Gasteiger partial charge on any atom is -0.480 e. The first-order valence-corrected chi connectivity index (χ1v) is 6.69. The van der Waals surface area contributed by atoms with Crippen LogP contribution in [0, 0.1) is 11.8 Å². The maximum absolute atomic E-state index is 12.1. The first-order chi connectivity index (χ1) is 9.82. The summed E-state index contributed by atoms with van der Waals surface area (Å²) in [6.45, 7) is 3.35. The van der Waals surface area contributed by atoms with Gasteiger partial charge in [0, 0.05) is 0 Å². The Hall–Kier alpha value is -2.37. The second kappa shape index (κ2) is 7.42. The second-order valence-corrected chi connectivity index (χ2v) is 5.21. The Bertz CT molecular complexity index is 514. The molecule has 1 aromatic rings. The van der Waals surface area contributed by atoms with E-state index in [1.165, 1.54) is 0 Å². The zero-order valence-electron chi connectivity index (χ0n) is 12.1. The van der Waals surface area contributed by atoms with Crippen molar-refractivity contribution >= 4 is 17.8 Å². The van der Waals surface area contributed by atoms with Crippen molar-refractivity contribution in [2.45, 2.75) is 26.3 Å². The Balaban J connectivity index is 2.83. The molecule has 6 heteroatoms. The lowest BCUT2D eigenvalue weighted by Crippen LogP contribution is -2.49. The Labute approximate surface area is 123 Å². The first kappa shape index (κ1) is 16.7. The number of amides is 2. The number of primary amides is 1. The van der Waals surface area contributed by atoms with Gasteiger partial charge in [-0.3, -0.25) is 9.59 Å². The highest BCUT2D eigenvalue weighted by Gasteiger charge is 2.30. The molecule has 0 saturated carbocycles. The van der Waals surface area contributed by atoms with Crippen molar-refractivity contribution in [2.24, 2.45) is 17.6 Å². The third-order valence-corrected chi connectivity index (χ3v) is 3.17. The Morgan fingerprint density at radius 3 is 2.19 bits per heavy atom. The number of carbonyl (C=O) groups is 3. The number of hydrogen-bond acceptors (Lipinski definition) is 3. The summed E-state index contributed by atoms with van der Waals surface area (Å²) in [5.74, 6) is -3.96. The van der Waals surface area contributed by atoms with Crippen LogP contribution in [0.3, 0.4) is 0 Å². The van der Waals surface area contributed by atoms with Gasteiger partial charge in [-0.05, 0) is 17.9 Å². The third kappa shape index (κ3) is 4.91. The van der Waals surface area contributed by atoms with Gasteiger partial charge in [-0.25, -0.2) is 4.79 Å². The molecule has 0 heterocycles. The molecule has 0 aliphatic heterocycles. The Kier molecular flexibility index (Phi) is 5.90. The number of aliphatic carboxylic acids is 1. The predicted octanol–water partition coefficient (Wildman–Crippen LogP) is 0.556. The van der Waals surface area contributed by atoms with E-state index < -0.39 is 29.7 Å². The van der Waals surface area contributed by atoms with Crippen molar-refractivity contribution in [3.05, 3.63) is 35.9 Å². The SMILES string of the molecule is CC(C)[C@H](NC(=O)C(Cc1ccccc1)C(N)=O)C(=O)O. The van der Waals surface area contributed by atoms with Gasteiger partial charge in [0.05, 0.1) is 0 Å². The fourth-order valence-corrected chi connectivity index (χ4v) is 1.94. The average molecular weight is 292 g/mol. The van der Waals surface area contributed by atoms with Crippen molar-refractivity contribution in [1.82, 2.24) is 5.32 Å². The zero-order chi connectivity index (χ0) is 16.0. The highest BCUT2D eigenvalue weighted by atomic mass is 16.4. The minimum atomic E-state index is -1.14. The molecule has 0 aromatic heterocycles. The topological polar surface area (TPSA) is 109 Å². The molecule has 1 rings (SSSR count). The number of carboxylic acids is 1. The van der Waals surface area contributed by atoms with Crippen molar-refractivity contribution in [1.29, 1.82) is 0 Å². The summed E-state index contributed by atoms with van der Waals surface area (Å²) < 4.78 is 0. The molecule has 0 radical (unpaired) electrons. The quantitative estimate of drug-likeness (QED) is 0.638. The van der Waals surface area contributed by atoms with Gasteiger partial charge in [-0.15, -0.1) is 0 Å². The maximum Gasteiger partial charge on any atom is 0.326 e. The van der Waals surface area contributed by atoms with E-state index in [0.717, 1.165) is 5.56 Å². The van der Waals surface area contributed by atoms with E-state index in [4.69, 9.17) is 10.8 Å². The fraction of sp³-hybridized carbons (Fsp3) is 0.400. The standard InChI is InChI=1S/C15H20N2O4/c1-9(2)12(15(20)21)17-14(19)11(13(16)18)8-10-6-4-3-5-7-10/h3-7,9,11-12H,8H2,1-2H3,(H2,16,18)(H,17,19)(H,20,21)/t11?,12-/m0/s1. The predicted molar refractivity (Wildman–Crippen MR) is 77.2 cm³/mol. The molecule has 1 aromatic carbocycles. The van der Waals surface area contributed by atoms with Crippen LogP contribution in [0.25, 0.3) is 0 Å². The molecule has 0 saturated heterocycles. The maximum atomic E-state index is 12.1. The van der Waals surface area contributed by atoms with Crippen LogP contribution in [-0.2, 0) is 20.8 Å². The minimum absolute atomic E-state index is 0.145. The molecule has 6 nitrogen and oxygen atoms in total. The molecule has 114 valence electrons. The van der Waals surface area contributed by atoms with Crippen LogP contribution in [0.5, 0.6) is 0 Å². The van der Waals surface area contributed by atoms with Crippen LogP contribution in [0.15, 0.2) is 30.3 Å². The molecule has 0 aliphatic carbocycles. The summed E-state index contributed by atoms with van der Waals surface area (Å²) in [6, 6.07) is 7.91. The van der Waals surface area contributed by atoms with Crippen LogP contribution in [-0.4, -0.2) is 28.9 Å². The van der Waals surface area contributed by atoms with Crippen LogP contribution < -0.4 is 11.1 Å². The zero-order valence-corrected chi connectivity index (χ0v) is 12.1. The molecule has 21 heavy (non-hydrogen) atoms. The van der Waals surface area contributed by atoms with Gasteiger partial charge in [0.25, 0.3) is 0 Å². The van der Waals surface area contributed by atoms with Gasteiger partial charge in [-0.1, -0.05) is 44.2 Å². The number of rotatable bonds is 7. The Morgan fingerprint density at radius 2 is 1.76 bits per heavy atom. The molecule has 0 fully saturated rings. The van der Waals surface area contributed by atoms with E-state index >= 15 is 0 Å². The number of hydrogen-bond donors (Lipinski definition) is 3. The largest absolute Gasteiger partial charge is 0.480 e. The molecule has 4 N–H and O–H groups in total. The van der Waals surface area contributed by atoms with E-state index in [9.17, 15) is 14.4 Å². The van der Waals surface area contributed by atoms with Crippen molar-refractivity contribution < 1.29 is 19.5 Å².